The van der Waals surface area contributed by atoms with E-state index < -0.39 is 0 Å². The van der Waals surface area contributed by atoms with E-state index in [0.717, 1.165) is 26.2 Å². The van der Waals surface area contributed by atoms with Gasteiger partial charge in [0.15, 0.2) is 0 Å². The summed E-state index contributed by atoms with van der Waals surface area (Å²) in [6, 6.07) is 0. The summed E-state index contributed by atoms with van der Waals surface area (Å²) in [5, 5.41) is 0. The highest BCUT2D eigenvalue weighted by molar-refractivity contribution is 7.79. The fraction of sp³-hybridized carbons (Fsp3) is 1.00. The van der Waals surface area contributed by atoms with Crippen molar-refractivity contribution in [3.63, 3.8) is 0 Å². The minimum atomic E-state index is 0.904. The summed E-state index contributed by atoms with van der Waals surface area (Å²) in [6.07, 6.45) is 4.10. The van der Waals surface area contributed by atoms with Crippen LogP contribution >= 0.6 is 12.6 Å². The lowest BCUT2D eigenvalue weighted by molar-refractivity contribution is 0.0759. The van der Waals surface area contributed by atoms with Crippen LogP contribution in [0.4, 0.5) is 0 Å². The molecule has 1 saturated heterocycles. The third-order valence-electron chi connectivity index (χ3n) is 2.91. The quantitative estimate of drug-likeness (QED) is 0.574. The predicted molar refractivity (Wildman–Crippen MR) is 90.5 cm³/mol. The number of thiol groups is 1. The molecule has 0 aromatic heterocycles. The highest BCUT2D eigenvalue weighted by Crippen LogP contribution is 2.01. The van der Waals surface area contributed by atoms with Crippen molar-refractivity contribution < 1.29 is 4.74 Å². The van der Waals surface area contributed by atoms with Gasteiger partial charge in [-0.1, -0.05) is 27.7 Å². The molecule has 0 N–H and O–H groups in total. The first kappa shape index (κ1) is 21.5. The molecule has 1 aliphatic rings. The second-order valence-corrected chi connectivity index (χ2v) is 4.30. The molecular weight excluding hydrogens is 256 g/mol. The number of piperazine rings is 1. The molecule has 0 bridgehead atoms. The molecule has 0 spiro atoms. The lowest BCUT2D eigenvalue weighted by Crippen LogP contribution is -2.47. The van der Waals surface area contributed by atoms with Gasteiger partial charge in [-0.15, -0.1) is 0 Å². The Morgan fingerprint density at radius 2 is 1.26 bits per heavy atom. The lowest BCUT2D eigenvalue weighted by atomic mass is 10.3. The maximum atomic E-state index is 5.50. The van der Waals surface area contributed by atoms with Crippen molar-refractivity contribution >= 4 is 12.6 Å². The van der Waals surface area contributed by atoms with Gasteiger partial charge >= 0.3 is 0 Å². The Morgan fingerprint density at radius 3 is 1.68 bits per heavy atom. The molecule has 1 aliphatic heterocycles. The fourth-order valence-corrected chi connectivity index (χ4v) is 1.99. The summed E-state index contributed by atoms with van der Waals surface area (Å²) in [6.45, 7) is 17.5. The minimum absolute atomic E-state index is 0.904. The first-order valence-corrected chi connectivity index (χ1v) is 8.73. The Bertz CT molecular complexity index is 148. The SMILES string of the molecule is CC.CCCOCCN1CCN(CCC)CC1.CS. The summed E-state index contributed by atoms with van der Waals surface area (Å²) in [5.41, 5.74) is 0. The standard InChI is InChI=1S/C12H26N2O.C2H6.CH4S/c1-3-5-13-6-8-14(9-7-13)10-12-15-11-4-2;2*1-2/h3-12H2,1-2H3;1-2H3;2H,1H3. The molecule has 1 fully saturated rings. The molecule has 0 radical (unpaired) electrons. The molecule has 0 unspecified atom stereocenters. The van der Waals surface area contributed by atoms with E-state index in [1.165, 1.54) is 39.1 Å². The zero-order chi connectivity index (χ0) is 14.9. The molecule has 0 saturated carbocycles. The molecule has 19 heavy (non-hydrogen) atoms. The van der Waals surface area contributed by atoms with E-state index in [1.54, 1.807) is 6.26 Å². The Hall–Kier alpha value is 0.230. The van der Waals surface area contributed by atoms with Crippen LogP contribution in [0, 0.1) is 0 Å². The maximum Gasteiger partial charge on any atom is 0.0593 e. The van der Waals surface area contributed by atoms with Crippen molar-refractivity contribution in [2.75, 3.05) is 58.7 Å². The zero-order valence-electron chi connectivity index (χ0n) is 13.8. The Morgan fingerprint density at radius 1 is 0.789 bits per heavy atom. The third kappa shape index (κ3) is 13.0. The van der Waals surface area contributed by atoms with E-state index in [4.69, 9.17) is 4.74 Å². The maximum absolute atomic E-state index is 5.50. The highest BCUT2D eigenvalue weighted by atomic mass is 32.1. The molecule has 4 heteroatoms. The van der Waals surface area contributed by atoms with Crippen molar-refractivity contribution in [2.45, 2.75) is 40.5 Å². The van der Waals surface area contributed by atoms with Crippen LogP contribution in [0.2, 0.25) is 0 Å². The molecule has 118 valence electrons. The average Bonchev–Trinajstić information content (AvgIpc) is 2.50. The van der Waals surface area contributed by atoms with Crippen LogP contribution < -0.4 is 0 Å². The van der Waals surface area contributed by atoms with Crippen molar-refractivity contribution in [1.29, 1.82) is 0 Å². The van der Waals surface area contributed by atoms with E-state index in [2.05, 4.69) is 36.3 Å². The van der Waals surface area contributed by atoms with E-state index >= 15 is 0 Å². The van der Waals surface area contributed by atoms with Crippen LogP contribution in [0.1, 0.15) is 40.5 Å². The Kier molecular flexibility index (Phi) is 20.7. The van der Waals surface area contributed by atoms with Crippen molar-refractivity contribution in [3.05, 3.63) is 0 Å². The van der Waals surface area contributed by atoms with E-state index in [0.29, 0.717) is 0 Å². The summed E-state index contributed by atoms with van der Waals surface area (Å²) >= 11 is 3.53. The Labute approximate surface area is 127 Å². The van der Waals surface area contributed by atoms with E-state index in [-0.39, 0.29) is 0 Å². The van der Waals surface area contributed by atoms with E-state index in [9.17, 15) is 0 Å². The van der Waals surface area contributed by atoms with Gasteiger partial charge in [-0.05, 0) is 25.6 Å². The van der Waals surface area contributed by atoms with Crippen LogP contribution in [-0.4, -0.2) is 68.5 Å². The topological polar surface area (TPSA) is 15.7 Å². The summed E-state index contributed by atoms with van der Waals surface area (Å²) in [7, 11) is 0. The predicted octanol–water partition coefficient (Wildman–Crippen LogP) is 3.01. The molecule has 0 amide bonds. The second kappa shape index (κ2) is 18.2. The van der Waals surface area contributed by atoms with Gasteiger partial charge in [0.2, 0.25) is 0 Å². The van der Waals surface area contributed by atoms with Crippen molar-refractivity contribution in [3.8, 4) is 0 Å². The molecule has 0 aliphatic carbocycles. The smallest absolute Gasteiger partial charge is 0.0593 e. The first-order chi connectivity index (χ1) is 9.36. The van der Waals surface area contributed by atoms with Crippen molar-refractivity contribution in [1.82, 2.24) is 9.80 Å². The molecule has 0 atom stereocenters. The monoisotopic (exact) mass is 292 g/mol. The summed E-state index contributed by atoms with van der Waals surface area (Å²) in [4.78, 5) is 5.07. The molecular formula is C15H36N2OS. The largest absolute Gasteiger partial charge is 0.380 e. The zero-order valence-corrected chi connectivity index (χ0v) is 14.7. The molecule has 3 nitrogen and oxygen atoms in total. The van der Waals surface area contributed by atoms with Gasteiger partial charge in [0.1, 0.15) is 0 Å². The van der Waals surface area contributed by atoms with Gasteiger partial charge in [0.25, 0.3) is 0 Å². The summed E-state index contributed by atoms with van der Waals surface area (Å²) < 4.78 is 5.50. The number of hydrogen-bond donors (Lipinski definition) is 1. The molecule has 1 rings (SSSR count). The first-order valence-electron chi connectivity index (χ1n) is 7.84. The summed E-state index contributed by atoms with van der Waals surface area (Å²) in [5.74, 6) is 0. The highest BCUT2D eigenvalue weighted by Gasteiger charge is 2.15. The number of ether oxygens (including phenoxy) is 1. The van der Waals surface area contributed by atoms with Crippen molar-refractivity contribution in [2.24, 2.45) is 0 Å². The van der Waals surface area contributed by atoms with E-state index in [1.807, 2.05) is 13.8 Å². The number of nitrogens with zero attached hydrogens (tertiary/aromatic N) is 2. The number of rotatable bonds is 7. The van der Waals surface area contributed by atoms with Gasteiger partial charge in [0, 0.05) is 39.3 Å². The van der Waals surface area contributed by atoms with Crippen LogP contribution in [0.5, 0.6) is 0 Å². The molecule has 1 heterocycles. The van der Waals surface area contributed by atoms with Crippen LogP contribution in [0.3, 0.4) is 0 Å². The van der Waals surface area contributed by atoms with Gasteiger partial charge in [-0.2, -0.15) is 12.6 Å². The minimum Gasteiger partial charge on any atom is -0.380 e. The van der Waals surface area contributed by atoms with Crippen LogP contribution in [0.25, 0.3) is 0 Å². The van der Waals surface area contributed by atoms with Crippen LogP contribution in [0.15, 0.2) is 0 Å². The third-order valence-corrected chi connectivity index (χ3v) is 2.91. The molecule has 0 aromatic carbocycles. The van der Waals surface area contributed by atoms with Gasteiger partial charge in [-0.3, -0.25) is 4.90 Å². The molecule has 0 aromatic rings. The number of hydrogen-bond acceptors (Lipinski definition) is 4. The van der Waals surface area contributed by atoms with Gasteiger partial charge < -0.3 is 9.64 Å². The van der Waals surface area contributed by atoms with Gasteiger partial charge in [-0.25, -0.2) is 0 Å². The fourth-order valence-electron chi connectivity index (χ4n) is 1.99. The lowest BCUT2D eigenvalue weighted by Gasteiger charge is -2.34. The average molecular weight is 293 g/mol. The Balaban J connectivity index is 0. The normalized spacial score (nSPS) is 16.1. The second-order valence-electron chi connectivity index (χ2n) is 4.30. The van der Waals surface area contributed by atoms with Crippen LogP contribution in [-0.2, 0) is 4.74 Å². The van der Waals surface area contributed by atoms with Gasteiger partial charge in [0.05, 0.1) is 6.61 Å².